The van der Waals surface area contributed by atoms with Crippen molar-refractivity contribution in [2.75, 3.05) is 6.73 Å². The van der Waals surface area contributed by atoms with Gasteiger partial charge in [-0.1, -0.05) is 30.3 Å². The molecule has 5 nitrogen and oxygen atoms in total. The molecule has 5 heteroatoms. The topological polar surface area (TPSA) is 55.8 Å². The van der Waals surface area contributed by atoms with Gasteiger partial charge in [0.1, 0.15) is 5.60 Å². The van der Waals surface area contributed by atoms with Gasteiger partial charge >= 0.3 is 12.1 Å². The van der Waals surface area contributed by atoms with Crippen molar-refractivity contribution >= 4 is 12.1 Å². The summed E-state index contributed by atoms with van der Waals surface area (Å²) in [5.41, 5.74) is 0.331. The minimum absolute atomic E-state index is 0.139. The lowest BCUT2D eigenvalue weighted by Gasteiger charge is -2.31. The first-order chi connectivity index (χ1) is 9.70. The molecule has 0 fully saturated rings. The third-order valence-electron chi connectivity index (χ3n) is 2.78. The van der Waals surface area contributed by atoms with Crippen molar-refractivity contribution in [1.82, 2.24) is 4.90 Å². The molecule has 0 aliphatic heterocycles. The Morgan fingerprint density at radius 3 is 2.24 bits per heavy atom. The van der Waals surface area contributed by atoms with Gasteiger partial charge in [-0.25, -0.2) is 4.79 Å². The summed E-state index contributed by atoms with van der Waals surface area (Å²) >= 11 is 0. The third-order valence-corrected chi connectivity index (χ3v) is 2.78. The zero-order valence-electron chi connectivity index (χ0n) is 13.3. The zero-order valence-corrected chi connectivity index (χ0v) is 13.3. The van der Waals surface area contributed by atoms with Gasteiger partial charge in [0.05, 0.1) is 6.04 Å². The van der Waals surface area contributed by atoms with Crippen LogP contribution in [0, 0.1) is 0 Å². The lowest BCUT2D eigenvalue weighted by Crippen LogP contribution is -2.40. The zero-order chi connectivity index (χ0) is 16.0. The maximum atomic E-state index is 12.3. The second kappa shape index (κ2) is 7.11. The molecule has 0 spiro atoms. The van der Waals surface area contributed by atoms with Crippen LogP contribution in [0.15, 0.2) is 30.3 Å². The molecule has 1 aromatic rings. The van der Waals surface area contributed by atoms with E-state index in [4.69, 9.17) is 9.47 Å². The molecule has 116 valence electrons. The first-order valence-corrected chi connectivity index (χ1v) is 6.88. The van der Waals surface area contributed by atoms with E-state index in [0.717, 1.165) is 5.56 Å². The molecular formula is C16H23NO4. The first-order valence-electron chi connectivity index (χ1n) is 6.88. The molecule has 0 aromatic heterocycles. The van der Waals surface area contributed by atoms with E-state index in [1.54, 1.807) is 20.8 Å². The molecule has 1 rings (SSSR count). The Hall–Kier alpha value is -2.04. The highest BCUT2D eigenvalue weighted by Crippen LogP contribution is 2.22. The van der Waals surface area contributed by atoms with Gasteiger partial charge in [0.15, 0.2) is 6.73 Å². The summed E-state index contributed by atoms with van der Waals surface area (Å²) in [6.07, 6.45) is -0.514. The van der Waals surface area contributed by atoms with Crippen molar-refractivity contribution in [3.05, 3.63) is 35.9 Å². The molecule has 0 N–H and O–H groups in total. The Kier molecular flexibility index (Phi) is 5.76. The van der Waals surface area contributed by atoms with E-state index in [-0.39, 0.29) is 12.8 Å². The second-order valence-corrected chi connectivity index (χ2v) is 5.80. The molecule has 21 heavy (non-hydrogen) atoms. The van der Waals surface area contributed by atoms with Crippen LogP contribution in [0.25, 0.3) is 0 Å². The number of rotatable bonds is 4. The fourth-order valence-electron chi connectivity index (χ4n) is 1.72. The van der Waals surface area contributed by atoms with Gasteiger partial charge in [-0.3, -0.25) is 9.69 Å². The molecule has 0 radical (unpaired) electrons. The fourth-order valence-corrected chi connectivity index (χ4v) is 1.72. The Morgan fingerprint density at radius 2 is 1.76 bits per heavy atom. The Bertz CT molecular complexity index is 479. The van der Waals surface area contributed by atoms with Crippen LogP contribution in [0.4, 0.5) is 4.79 Å². The molecular weight excluding hydrogens is 270 g/mol. The second-order valence-electron chi connectivity index (χ2n) is 5.80. The number of benzene rings is 1. The van der Waals surface area contributed by atoms with Gasteiger partial charge in [-0.2, -0.15) is 0 Å². The summed E-state index contributed by atoms with van der Waals surface area (Å²) in [5, 5.41) is 0. The van der Waals surface area contributed by atoms with Gasteiger partial charge in [-0.05, 0) is 33.3 Å². The summed E-state index contributed by atoms with van der Waals surface area (Å²) < 4.78 is 10.3. The molecule has 1 unspecified atom stereocenters. The molecule has 0 aliphatic rings. The van der Waals surface area contributed by atoms with Crippen molar-refractivity contribution in [3.63, 3.8) is 0 Å². The van der Waals surface area contributed by atoms with E-state index < -0.39 is 17.7 Å². The Labute approximate surface area is 125 Å². The number of nitrogens with zero attached hydrogens (tertiary/aromatic N) is 1. The number of hydrogen-bond acceptors (Lipinski definition) is 4. The van der Waals surface area contributed by atoms with Crippen LogP contribution in [-0.2, 0) is 14.3 Å². The van der Waals surface area contributed by atoms with Crippen molar-refractivity contribution in [2.45, 2.75) is 46.3 Å². The van der Waals surface area contributed by atoms with Crippen LogP contribution in [0.2, 0.25) is 0 Å². The monoisotopic (exact) mass is 293 g/mol. The number of amides is 1. The molecule has 0 heterocycles. The lowest BCUT2D eigenvalue weighted by atomic mass is 10.1. The lowest BCUT2D eigenvalue weighted by molar-refractivity contribution is -0.146. The molecule has 0 saturated heterocycles. The van der Waals surface area contributed by atoms with Crippen LogP contribution in [0.1, 0.15) is 46.2 Å². The SMILES string of the molecule is CC(=O)OCN(C(=O)OC(C)(C)C)C(C)c1ccccc1. The highest BCUT2D eigenvalue weighted by atomic mass is 16.6. The van der Waals surface area contributed by atoms with E-state index in [9.17, 15) is 9.59 Å². The third kappa shape index (κ3) is 5.85. The molecule has 0 aliphatic carbocycles. The van der Waals surface area contributed by atoms with Gasteiger partial charge in [0.2, 0.25) is 0 Å². The van der Waals surface area contributed by atoms with Crippen molar-refractivity contribution in [1.29, 1.82) is 0 Å². The van der Waals surface area contributed by atoms with Crippen LogP contribution in [0.3, 0.4) is 0 Å². The highest BCUT2D eigenvalue weighted by Gasteiger charge is 2.27. The quantitative estimate of drug-likeness (QED) is 0.629. The Morgan fingerprint density at radius 1 is 1.19 bits per heavy atom. The van der Waals surface area contributed by atoms with E-state index in [1.165, 1.54) is 11.8 Å². The van der Waals surface area contributed by atoms with Crippen LogP contribution >= 0.6 is 0 Å². The van der Waals surface area contributed by atoms with Crippen LogP contribution in [-0.4, -0.2) is 29.3 Å². The molecule has 1 amide bonds. The average Bonchev–Trinajstić information content (AvgIpc) is 2.37. The standard InChI is InChI=1S/C16H23NO4/c1-12(14-9-7-6-8-10-14)17(11-20-13(2)18)15(19)21-16(3,4)5/h6-10,12H,11H2,1-5H3. The summed E-state index contributed by atoms with van der Waals surface area (Å²) in [6.45, 7) is 8.41. The Balaban J connectivity index is 2.90. The maximum Gasteiger partial charge on any atom is 0.413 e. The summed E-state index contributed by atoms with van der Waals surface area (Å²) in [6, 6.07) is 9.25. The summed E-state index contributed by atoms with van der Waals surface area (Å²) in [4.78, 5) is 24.7. The predicted octanol–water partition coefficient (Wildman–Crippen LogP) is 3.51. The van der Waals surface area contributed by atoms with E-state index in [2.05, 4.69) is 0 Å². The van der Waals surface area contributed by atoms with Crippen LogP contribution in [0.5, 0.6) is 0 Å². The number of carbonyl (C=O) groups is 2. The number of esters is 1. The minimum atomic E-state index is -0.609. The number of carbonyl (C=O) groups excluding carboxylic acids is 2. The van der Waals surface area contributed by atoms with Crippen LogP contribution < -0.4 is 0 Å². The minimum Gasteiger partial charge on any atom is -0.444 e. The van der Waals surface area contributed by atoms with Gasteiger partial charge in [0.25, 0.3) is 0 Å². The summed E-state index contributed by atoms with van der Waals surface area (Å²) in [5.74, 6) is -0.441. The smallest absolute Gasteiger partial charge is 0.413 e. The van der Waals surface area contributed by atoms with Gasteiger partial charge in [-0.15, -0.1) is 0 Å². The molecule has 1 aromatic carbocycles. The maximum absolute atomic E-state index is 12.3. The molecule has 0 saturated carbocycles. The normalized spacial score (nSPS) is 12.4. The average molecular weight is 293 g/mol. The van der Waals surface area contributed by atoms with E-state index >= 15 is 0 Å². The van der Waals surface area contributed by atoms with Gasteiger partial charge < -0.3 is 9.47 Å². The first kappa shape index (κ1) is 17.0. The fraction of sp³-hybridized carbons (Fsp3) is 0.500. The largest absolute Gasteiger partial charge is 0.444 e. The molecule has 1 atom stereocenters. The molecule has 0 bridgehead atoms. The van der Waals surface area contributed by atoms with E-state index in [1.807, 2.05) is 37.3 Å². The predicted molar refractivity (Wildman–Crippen MR) is 79.6 cm³/mol. The van der Waals surface area contributed by atoms with Crippen molar-refractivity contribution < 1.29 is 19.1 Å². The van der Waals surface area contributed by atoms with E-state index in [0.29, 0.717) is 0 Å². The van der Waals surface area contributed by atoms with Crippen molar-refractivity contribution in [2.24, 2.45) is 0 Å². The summed E-state index contributed by atoms with van der Waals surface area (Å²) in [7, 11) is 0. The number of ether oxygens (including phenoxy) is 2. The number of hydrogen-bond donors (Lipinski definition) is 0. The van der Waals surface area contributed by atoms with Crippen molar-refractivity contribution in [3.8, 4) is 0 Å². The van der Waals surface area contributed by atoms with Gasteiger partial charge in [0, 0.05) is 6.92 Å². The highest BCUT2D eigenvalue weighted by molar-refractivity contribution is 5.70.